The highest BCUT2D eigenvalue weighted by Gasteiger charge is 2.34. The van der Waals surface area contributed by atoms with Crippen molar-refractivity contribution in [1.82, 2.24) is 20.2 Å². The second-order valence-electron chi connectivity index (χ2n) is 10.3. The second kappa shape index (κ2) is 11.8. The topological polar surface area (TPSA) is 89.8 Å². The third-order valence-electron chi connectivity index (χ3n) is 7.65. The van der Waals surface area contributed by atoms with Gasteiger partial charge in [-0.3, -0.25) is 0 Å². The second-order valence-corrected chi connectivity index (χ2v) is 10.3. The van der Waals surface area contributed by atoms with Gasteiger partial charge in [0.1, 0.15) is 12.4 Å². The van der Waals surface area contributed by atoms with Gasteiger partial charge in [0.2, 0.25) is 0 Å². The fourth-order valence-electron chi connectivity index (χ4n) is 5.67. The van der Waals surface area contributed by atoms with Crippen LogP contribution >= 0.6 is 0 Å². The molecule has 9 nitrogen and oxygen atoms in total. The first kappa shape index (κ1) is 27.3. The third-order valence-corrected chi connectivity index (χ3v) is 7.65. The van der Waals surface area contributed by atoms with Crippen LogP contribution in [0.25, 0.3) is 0 Å². The van der Waals surface area contributed by atoms with Gasteiger partial charge >= 0.3 is 12.4 Å². The van der Waals surface area contributed by atoms with Crippen LogP contribution < -0.4 is 24.6 Å². The molecule has 0 radical (unpaired) electrons. The Kier molecular flexibility index (Phi) is 8.28. The average molecular weight is 546 g/mol. The number of halogens is 3. The summed E-state index contributed by atoms with van der Waals surface area (Å²) in [7, 11) is 2.08. The SMILES string of the molecule is CN1CCC[C@H]1COc1nc2c(c(N3CCNC(CC#N)C3)n1)CCCN(c1ccccc1OC(F)(F)F)C2. The number of para-hydroxylation sites is 2. The summed E-state index contributed by atoms with van der Waals surface area (Å²) >= 11 is 0. The number of piperazine rings is 1. The van der Waals surface area contributed by atoms with E-state index in [1.54, 1.807) is 12.1 Å². The molecular formula is C27H34F3N7O2. The van der Waals surface area contributed by atoms with E-state index in [1.807, 2.05) is 4.90 Å². The normalized spacial score (nSPS) is 22.2. The number of likely N-dealkylation sites (N-methyl/N-ethyl adjacent to an activating group) is 1. The number of hydrogen-bond donors (Lipinski definition) is 1. The Balaban J connectivity index is 1.47. The molecule has 4 heterocycles. The summed E-state index contributed by atoms with van der Waals surface area (Å²) in [6, 6.07) is 9.06. The number of hydrogen-bond acceptors (Lipinski definition) is 9. The summed E-state index contributed by atoms with van der Waals surface area (Å²) in [6.45, 7) is 4.42. The molecule has 5 rings (SSSR count). The van der Waals surface area contributed by atoms with Crippen molar-refractivity contribution in [3.63, 3.8) is 0 Å². The van der Waals surface area contributed by atoms with Crippen molar-refractivity contribution in [2.75, 3.05) is 56.2 Å². The van der Waals surface area contributed by atoms with E-state index in [1.165, 1.54) is 12.1 Å². The maximum absolute atomic E-state index is 13.1. The number of nitrogens with zero attached hydrogens (tertiary/aromatic N) is 6. The van der Waals surface area contributed by atoms with E-state index in [4.69, 9.17) is 14.7 Å². The van der Waals surface area contributed by atoms with Crippen molar-refractivity contribution in [2.45, 2.75) is 57.1 Å². The van der Waals surface area contributed by atoms with Gasteiger partial charge in [-0.2, -0.15) is 15.2 Å². The van der Waals surface area contributed by atoms with Gasteiger partial charge in [-0.25, -0.2) is 0 Å². The van der Waals surface area contributed by atoms with Gasteiger partial charge in [-0.15, -0.1) is 13.2 Å². The molecule has 0 spiro atoms. The van der Waals surface area contributed by atoms with Crippen LogP contribution in [0.4, 0.5) is 24.7 Å². The van der Waals surface area contributed by atoms with Crippen LogP contribution in [0, 0.1) is 11.3 Å². The molecule has 2 aromatic rings. The summed E-state index contributed by atoms with van der Waals surface area (Å²) < 4.78 is 49.9. The monoisotopic (exact) mass is 545 g/mol. The highest BCUT2D eigenvalue weighted by Crippen LogP contribution is 2.36. The van der Waals surface area contributed by atoms with Crippen LogP contribution in [0.3, 0.4) is 0 Å². The van der Waals surface area contributed by atoms with Gasteiger partial charge in [0.15, 0.2) is 5.75 Å². The van der Waals surface area contributed by atoms with Gasteiger partial charge in [-0.05, 0) is 51.4 Å². The van der Waals surface area contributed by atoms with Crippen molar-refractivity contribution < 1.29 is 22.6 Å². The molecule has 0 bridgehead atoms. The summed E-state index contributed by atoms with van der Waals surface area (Å²) in [6.07, 6.45) is -0.828. The van der Waals surface area contributed by atoms with Crippen LogP contribution in [-0.2, 0) is 13.0 Å². The zero-order valence-electron chi connectivity index (χ0n) is 22.1. The molecule has 39 heavy (non-hydrogen) atoms. The average Bonchev–Trinajstić information content (AvgIpc) is 3.19. The molecule has 0 aliphatic carbocycles. The smallest absolute Gasteiger partial charge is 0.462 e. The van der Waals surface area contributed by atoms with Crippen LogP contribution in [0.1, 0.15) is 36.9 Å². The van der Waals surface area contributed by atoms with Gasteiger partial charge in [0.05, 0.1) is 30.4 Å². The predicted molar refractivity (Wildman–Crippen MR) is 140 cm³/mol. The molecule has 2 saturated heterocycles. The van der Waals surface area contributed by atoms with Crippen LogP contribution in [0.5, 0.6) is 11.8 Å². The number of fused-ring (bicyclic) bond motifs is 1. The van der Waals surface area contributed by atoms with Gasteiger partial charge < -0.3 is 29.5 Å². The first-order valence-corrected chi connectivity index (χ1v) is 13.5. The van der Waals surface area contributed by atoms with Crippen molar-refractivity contribution in [3.05, 3.63) is 35.5 Å². The molecule has 0 amide bonds. The molecule has 12 heteroatoms. The van der Waals surface area contributed by atoms with E-state index in [0.29, 0.717) is 51.2 Å². The molecule has 2 atom stereocenters. The number of nitriles is 1. The molecule has 1 aromatic heterocycles. The lowest BCUT2D eigenvalue weighted by Crippen LogP contribution is -2.51. The molecular weight excluding hydrogens is 511 g/mol. The Morgan fingerprint density at radius 1 is 1.13 bits per heavy atom. The summed E-state index contributed by atoms with van der Waals surface area (Å²) in [5.41, 5.74) is 2.09. The largest absolute Gasteiger partial charge is 0.573 e. The highest BCUT2D eigenvalue weighted by atomic mass is 19.4. The first-order chi connectivity index (χ1) is 18.8. The van der Waals surface area contributed by atoms with E-state index in [0.717, 1.165) is 49.6 Å². The van der Waals surface area contributed by atoms with Crippen molar-refractivity contribution in [2.24, 2.45) is 0 Å². The van der Waals surface area contributed by atoms with E-state index < -0.39 is 6.36 Å². The molecule has 1 N–H and O–H groups in total. The number of anilines is 2. The highest BCUT2D eigenvalue weighted by molar-refractivity contribution is 5.60. The lowest BCUT2D eigenvalue weighted by Gasteiger charge is -2.35. The first-order valence-electron chi connectivity index (χ1n) is 13.5. The third kappa shape index (κ3) is 6.65. The summed E-state index contributed by atoms with van der Waals surface area (Å²) in [4.78, 5) is 16.0. The molecule has 1 unspecified atom stereocenters. The van der Waals surface area contributed by atoms with Crippen LogP contribution in [-0.4, -0.2) is 79.7 Å². The van der Waals surface area contributed by atoms with E-state index in [2.05, 4.69) is 33.0 Å². The van der Waals surface area contributed by atoms with Gasteiger partial charge in [0, 0.05) is 43.8 Å². The standard InChI is InChI=1S/C27H34F3N7O2/c1-35-13-4-6-20(35)18-38-26-33-22-17-36(23-8-2-3-9-24(23)39-27(28,29)30)14-5-7-21(22)25(34-26)37-15-12-32-19(16-37)10-11-31/h2-3,8-9,19-20,32H,4-7,10,12-18H2,1H3/t19?,20-/m0/s1. The van der Waals surface area contributed by atoms with E-state index in [9.17, 15) is 18.4 Å². The van der Waals surface area contributed by atoms with E-state index in [-0.39, 0.29) is 23.8 Å². The maximum Gasteiger partial charge on any atom is 0.573 e. The number of alkyl halides is 3. The number of rotatable bonds is 7. The minimum Gasteiger partial charge on any atom is -0.462 e. The van der Waals surface area contributed by atoms with Gasteiger partial charge in [-0.1, -0.05) is 12.1 Å². The summed E-state index contributed by atoms with van der Waals surface area (Å²) in [5, 5.41) is 12.6. The number of likely N-dealkylation sites (tertiary alicyclic amines) is 1. The summed E-state index contributed by atoms with van der Waals surface area (Å²) in [5.74, 6) is 0.561. The Bertz CT molecular complexity index is 1190. The number of ether oxygens (including phenoxy) is 2. The van der Waals surface area contributed by atoms with E-state index >= 15 is 0 Å². The number of nitrogens with one attached hydrogen (secondary N) is 1. The Labute approximate surface area is 226 Å². The Hall–Kier alpha value is -3.30. The van der Waals surface area contributed by atoms with Crippen molar-refractivity contribution >= 4 is 11.5 Å². The molecule has 1 aromatic carbocycles. The Morgan fingerprint density at radius 3 is 2.74 bits per heavy atom. The Morgan fingerprint density at radius 2 is 1.97 bits per heavy atom. The minimum absolute atomic E-state index is 0.0274. The van der Waals surface area contributed by atoms with Crippen LogP contribution in [0.2, 0.25) is 0 Å². The zero-order valence-corrected chi connectivity index (χ0v) is 22.1. The van der Waals surface area contributed by atoms with Gasteiger partial charge in [0.25, 0.3) is 0 Å². The molecule has 210 valence electrons. The number of aromatic nitrogens is 2. The lowest BCUT2D eigenvalue weighted by atomic mass is 10.1. The fraction of sp³-hybridized carbons (Fsp3) is 0.593. The number of benzene rings is 1. The van der Waals surface area contributed by atoms with Crippen molar-refractivity contribution in [1.29, 1.82) is 5.26 Å². The van der Waals surface area contributed by atoms with Crippen LogP contribution in [0.15, 0.2) is 24.3 Å². The maximum atomic E-state index is 13.1. The quantitative estimate of drug-likeness (QED) is 0.562. The van der Waals surface area contributed by atoms with Crippen molar-refractivity contribution in [3.8, 4) is 17.8 Å². The molecule has 3 aliphatic heterocycles. The molecule has 3 aliphatic rings. The molecule has 0 saturated carbocycles. The fourth-order valence-corrected chi connectivity index (χ4v) is 5.67. The minimum atomic E-state index is -4.79. The predicted octanol–water partition coefficient (Wildman–Crippen LogP) is 3.49. The zero-order chi connectivity index (χ0) is 27.4. The molecule has 2 fully saturated rings. The lowest BCUT2D eigenvalue weighted by molar-refractivity contribution is -0.274.